The Balaban J connectivity index is 1.39. The van der Waals surface area contributed by atoms with E-state index in [1.807, 2.05) is 78.6 Å². The highest BCUT2D eigenvalue weighted by Gasteiger charge is 2.34. The van der Waals surface area contributed by atoms with Crippen molar-refractivity contribution in [3.63, 3.8) is 0 Å². The van der Waals surface area contributed by atoms with Gasteiger partial charge in [-0.3, -0.25) is 4.79 Å². The van der Waals surface area contributed by atoms with Gasteiger partial charge in [-0.15, -0.1) is 0 Å². The zero-order valence-electron chi connectivity index (χ0n) is 19.0. The fourth-order valence-corrected chi connectivity index (χ4v) is 4.89. The lowest BCUT2D eigenvalue weighted by atomic mass is 10.1. The van der Waals surface area contributed by atoms with Crippen molar-refractivity contribution in [1.82, 2.24) is 9.55 Å². The Hall–Kier alpha value is -3.32. The molecule has 1 unspecified atom stereocenters. The van der Waals surface area contributed by atoms with Gasteiger partial charge in [0.2, 0.25) is 5.91 Å². The Kier molecular flexibility index (Phi) is 6.54. The molecule has 1 aromatic heterocycles. The van der Waals surface area contributed by atoms with Crippen LogP contribution in [0.25, 0.3) is 11.0 Å². The number of carbonyl (C=O) groups excluding carboxylic acids is 1. The summed E-state index contributed by atoms with van der Waals surface area (Å²) in [4.78, 5) is 19.7. The van der Waals surface area contributed by atoms with E-state index in [9.17, 15) is 4.79 Å². The molecule has 6 nitrogen and oxygen atoms in total. The van der Waals surface area contributed by atoms with Crippen LogP contribution in [0.5, 0.6) is 11.5 Å². The Morgan fingerprint density at radius 2 is 1.76 bits per heavy atom. The number of hydrogen-bond acceptors (Lipinski definition) is 4. The summed E-state index contributed by atoms with van der Waals surface area (Å²) >= 11 is 3.51. The molecule has 3 aromatic carbocycles. The van der Waals surface area contributed by atoms with Crippen molar-refractivity contribution in [1.29, 1.82) is 0 Å². The predicted octanol–water partition coefficient (Wildman–Crippen LogP) is 5.80. The molecule has 1 fully saturated rings. The van der Waals surface area contributed by atoms with Crippen molar-refractivity contribution in [2.75, 3.05) is 24.7 Å². The van der Waals surface area contributed by atoms with Crippen molar-refractivity contribution in [2.24, 2.45) is 0 Å². The molecule has 0 N–H and O–H groups in total. The second-order valence-corrected chi connectivity index (χ2v) is 9.14. The molecular formula is C27H26BrN3O3. The van der Waals surface area contributed by atoms with Gasteiger partial charge in [0.1, 0.15) is 12.4 Å². The first-order chi connectivity index (χ1) is 16.6. The van der Waals surface area contributed by atoms with Gasteiger partial charge >= 0.3 is 0 Å². The quantitative estimate of drug-likeness (QED) is 0.295. The highest BCUT2D eigenvalue weighted by atomic mass is 79.9. The van der Waals surface area contributed by atoms with Crippen LogP contribution in [0.4, 0.5) is 5.69 Å². The van der Waals surface area contributed by atoms with Crippen LogP contribution in [0.2, 0.25) is 0 Å². The number of imidazole rings is 1. The molecule has 174 valence electrons. The number of para-hydroxylation sites is 4. The molecule has 34 heavy (non-hydrogen) atoms. The van der Waals surface area contributed by atoms with Crippen LogP contribution in [0.15, 0.2) is 77.3 Å². The van der Waals surface area contributed by atoms with Crippen LogP contribution in [-0.2, 0) is 11.3 Å². The molecule has 1 aliphatic heterocycles. The van der Waals surface area contributed by atoms with E-state index in [2.05, 4.69) is 26.6 Å². The van der Waals surface area contributed by atoms with Crippen molar-refractivity contribution in [3.8, 4) is 11.5 Å². The third-order valence-electron chi connectivity index (χ3n) is 6.02. The zero-order chi connectivity index (χ0) is 23.5. The first-order valence-corrected chi connectivity index (χ1v) is 12.3. The van der Waals surface area contributed by atoms with E-state index in [4.69, 9.17) is 14.5 Å². The molecule has 5 rings (SSSR count). The number of ether oxygens (including phenoxy) is 2. The predicted molar refractivity (Wildman–Crippen MR) is 137 cm³/mol. The maximum absolute atomic E-state index is 12.9. The van der Waals surface area contributed by atoms with E-state index in [-0.39, 0.29) is 11.8 Å². The van der Waals surface area contributed by atoms with Crippen LogP contribution < -0.4 is 14.4 Å². The Labute approximate surface area is 207 Å². The second kappa shape index (κ2) is 9.89. The highest BCUT2D eigenvalue weighted by molar-refractivity contribution is 9.10. The average molecular weight is 520 g/mol. The molecule has 0 saturated carbocycles. The largest absolute Gasteiger partial charge is 0.490 e. The molecule has 7 heteroatoms. The van der Waals surface area contributed by atoms with Crippen LogP contribution in [0.1, 0.15) is 25.1 Å². The standard InChI is InChI=1S/C27H26BrN3O3/c1-2-33-24-12-5-6-13-25(24)34-15-14-30-23-11-4-3-10-22(23)29-27(30)19-16-26(32)31(18-19)21-9-7-8-20(28)17-21/h3-13,17,19H,2,14-16,18H2,1H3. The number of nitrogens with zero attached hydrogens (tertiary/aromatic N) is 3. The van der Waals surface area contributed by atoms with Crippen LogP contribution in [0.3, 0.4) is 0 Å². The molecular weight excluding hydrogens is 494 g/mol. The van der Waals surface area contributed by atoms with Crippen LogP contribution in [0, 0.1) is 0 Å². The maximum Gasteiger partial charge on any atom is 0.227 e. The molecule has 0 spiro atoms. The highest BCUT2D eigenvalue weighted by Crippen LogP contribution is 2.34. The van der Waals surface area contributed by atoms with E-state index in [1.165, 1.54) is 0 Å². The topological polar surface area (TPSA) is 56.6 Å². The van der Waals surface area contributed by atoms with E-state index < -0.39 is 0 Å². The van der Waals surface area contributed by atoms with Crippen LogP contribution >= 0.6 is 15.9 Å². The molecule has 1 amide bonds. The molecule has 2 heterocycles. The number of rotatable bonds is 8. The number of benzene rings is 3. The number of carbonyl (C=O) groups is 1. The molecule has 0 bridgehead atoms. The van der Waals surface area contributed by atoms with Gasteiger partial charge in [0.15, 0.2) is 11.5 Å². The molecule has 1 aliphatic rings. The fraction of sp³-hybridized carbons (Fsp3) is 0.259. The maximum atomic E-state index is 12.9. The molecule has 1 atom stereocenters. The van der Waals surface area contributed by atoms with Crippen molar-refractivity contribution in [2.45, 2.75) is 25.8 Å². The number of halogens is 1. The minimum Gasteiger partial charge on any atom is -0.490 e. The summed E-state index contributed by atoms with van der Waals surface area (Å²) in [7, 11) is 0. The van der Waals surface area contributed by atoms with Gasteiger partial charge in [0.25, 0.3) is 0 Å². The minimum absolute atomic E-state index is 0.00888. The molecule has 1 saturated heterocycles. The first kappa shape index (κ1) is 22.5. The zero-order valence-corrected chi connectivity index (χ0v) is 20.6. The second-order valence-electron chi connectivity index (χ2n) is 8.22. The summed E-state index contributed by atoms with van der Waals surface area (Å²) in [5.41, 5.74) is 2.88. The number of aromatic nitrogens is 2. The third kappa shape index (κ3) is 4.53. The van der Waals surface area contributed by atoms with Gasteiger partial charge < -0.3 is 18.9 Å². The number of hydrogen-bond donors (Lipinski definition) is 0. The Morgan fingerprint density at radius 3 is 2.56 bits per heavy atom. The van der Waals surface area contributed by atoms with Crippen LogP contribution in [-0.4, -0.2) is 35.2 Å². The van der Waals surface area contributed by atoms with E-state index in [0.29, 0.717) is 32.7 Å². The molecule has 0 aliphatic carbocycles. The summed E-state index contributed by atoms with van der Waals surface area (Å²) in [5, 5.41) is 0. The van der Waals surface area contributed by atoms with Gasteiger partial charge in [-0.05, 0) is 49.4 Å². The van der Waals surface area contributed by atoms with Gasteiger partial charge in [0, 0.05) is 29.0 Å². The van der Waals surface area contributed by atoms with Gasteiger partial charge in [-0.25, -0.2) is 4.98 Å². The normalized spacial score (nSPS) is 15.8. The smallest absolute Gasteiger partial charge is 0.227 e. The lowest BCUT2D eigenvalue weighted by molar-refractivity contribution is -0.117. The fourth-order valence-electron chi connectivity index (χ4n) is 4.51. The summed E-state index contributed by atoms with van der Waals surface area (Å²) in [6.45, 7) is 4.24. The number of fused-ring (bicyclic) bond motifs is 1. The van der Waals surface area contributed by atoms with E-state index in [0.717, 1.165) is 38.5 Å². The lowest BCUT2D eigenvalue weighted by Gasteiger charge is -2.18. The van der Waals surface area contributed by atoms with E-state index >= 15 is 0 Å². The number of anilines is 1. The van der Waals surface area contributed by atoms with Gasteiger partial charge in [-0.2, -0.15) is 0 Å². The van der Waals surface area contributed by atoms with Crippen molar-refractivity contribution < 1.29 is 14.3 Å². The molecule has 0 radical (unpaired) electrons. The van der Waals surface area contributed by atoms with Crippen molar-refractivity contribution in [3.05, 3.63) is 83.1 Å². The summed E-state index contributed by atoms with van der Waals surface area (Å²) in [6.07, 6.45) is 0.434. The van der Waals surface area contributed by atoms with Crippen molar-refractivity contribution >= 4 is 38.6 Å². The third-order valence-corrected chi connectivity index (χ3v) is 6.51. The first-order valence-electron chi connectivity index (χ1n) is 11.5. The minimum atomic E-state index is 0.00888. The SMILES string of the molecule is CCOc1ccccc1OCCn1c(C2CC(=O)N(c3cccc(Br)c3)C2)nc2ccccc21. The Morgan fingerprint density at radius 1 is 1.00 bits per heavy atom. The summed E-state index contributed by atoms with van der Waals surface area (Å²) in [6, 6.07) is 23.7. The van der Waals surface area contributed by atoms with Gasteiger partial charge in [-0.1, -0.05) is 46.3 Å². The summed E-state index contributed by atoms with van der Waals surface area (Å²) in [5.74, 6) is 2.52. The number of amides is 1. The average Bonchev–Trinajstić information content (AvgIpc) is 3.41. The summed E-state index contributed by atoms with van der Waals surface area (Å²) < 4.78 is 14.9. The molecule has 4 aromatic rings. The van der Waals surface area contributed by atoms with Gasteiger partial charge in [0.05, 0.1) is 24.2 Å². The van der Waals surface area contributed by atoms with E-state index in [1.54, 1.807) is 0 Å². The lowest BCUT2D eigenvalue weighted by Crippen LogP contribution is -2.24. The Bertz CT molecular complexity index is 1320. The monoisotopic (exact) mass is 519 g/mol.